The number of nitrogens with two attached hydrogens (primary N) is 1. The fraction of sp³-hybridized carbons (Fsp3) is 0.333. The van der Waals surface area contributed by atoms with Gasteiger partial charge in [-0.15, -0.1) is 0 Å². The van der Waals surface area contributed by atoms with Crippen molar-refractivity contribution in [1.29, 1.82) is 0 Å². The minimum Gasteiger partial charge on any atom is -0.466 e. The predicted molar refractivity (Wildman–Crippen MR) is 114 cm³/mol. The van der Waals surface area contributed by atoms with Crippen molar-refractivity contribution < 1.29 is 23.1 Å². The van der Waals surface area contributed by atoms with Crippen LogP contribution in [-0.2, 0) is 25.2 Å². The number of nitrogens with zero attached hydrogens (tertiary/aromatic N) is 2. The largest absolute Gasteiger partial charge is 0.466 e. The predicted octanol–water partition coefficient (Wildman–Crippen LogP) is 2.39. The third-order valence-corrected chi connectivity index (χ3v) is 7.01. The molecule has 1 aromatic heterocycles. The molecule has 0 saturated heterocycles. The molecule has 3 N–H and O–H groups in total. The van der Waals surface area contributed by atoms with E-state index in [4.69, 9.17) is 10.5 Å². The molecule has 0 radical (unpaired) electrons. The summed E-state index contributed by atoms with van der Waals surface area (Å²) in [6.45, 7) is 4.96. The second-order valence-corrected chi connectivity index (χ2v) is 9.58. The van der Waals surface area contributed by atoms with Gasteiger partial charge in [0, 0.05) is 0 Å². The number of carbonyl (C=O) groups is 1. The van der Waals surface area contributed by atoms with E-state index in [0.717, 1.165) is 3.97 Å². The zero-order valence-electron chi connectivity index (χ0n) is 17.1. The number of rotatable bonds is 7. The van der Waals surface area contributed by atoms with Crippen LogP contribution >= 0.6 is 0 Å². The molecule has 0 aliphatic rings. The number of hydrogen-bond acceptors (Lipinski definition) is 7. The number of benzene rings is 2. The van der Waals surface area contributed by atoms with Crippen LogP contribution in [0.25, 0.3) is 11.0 Å². The number of nitrogen functional groups attached to an aromatic ring is 1. The Morgan fingerprint density at radius 3 is 2.47 bits per heavy atom. The number of carbonyl (C=O) groups excluding carboxylic acids is 1. The van der Waals surface area contributed by atoms with Gasteiger partial charge < -0.3 is 15.6 Å². The molecular weight excluding hydrogens is 406 g/mol. The molecular formula is C21H25N3O5S. The van der Waals surface area contributed by atoms with E-state index in [9.17, 15) is 18.3 Å². The second kappa shape index (κ2) is 8.08. The Morgan fingerprint density at radius 1 is 1.20 bits per heavy atom. The molecule has 0 spiro atoms. The Morgan fingerprint density at radius 2 is 1.87 bits per heavy atom. The molecule has 1 unspecified atom stereocenters. The van der Waals surface area contributed by atoms with Gasteiger partial charge in [-0.3, -0.25) is 4.79 Å². The van der Waals surface area contributed by atoms with Crippen molar-refractivity contribution in [3.63, 3.8) is 0 Å². The fourth-order valence-corrected chi connectivity index (χ4v) is 4.46. The first-order valence-electron chi connectivity index (χ1n) is 9.57. The normalized spacial score (nSPS) is 14.0. The van der Waals surface area contributed by atoms with Gasteiger partial charge in [-0.1, -0.05) is 36.4 Å². The van der Waals surface area contributed by atoms with Crippen molar-refractivity contribution >= 4 is 33.0 Å². The van der Waals surface area contributed by atoms with Gasteiger partial charge in [-0.25, -0.2) is 17.4 Å². The summed E-state index contributed by atoms with van der Waals surface area (Å²) in [6, 6.07) is 13.4. The summed E-state index contributed by atoms with van der Waals surface area (Å²) in [6.07, 6.45) is -0.336. The molecule has 1 heterocycles. The van der Waals surface area contributed by atoms with E-state index in [2.05, 4.69) is 4.98 Å². The first-order valence-corrected chi connectivity index (χ1v) is 11.1. The van der Waals surface area contributed by atoms with Crippen molar-refractivity contribution in [3.8, 4) is 0 Å². The lowest BCUT2D eigenvalue weighted by Gasteiger charge is -2.28. The van der Waals surface area contributed by atoms with Crippen molar-refractivity contribution in [3.05, 3.63) is 59.7 Å². The first-order chi connectivity index (χ1) is 14.1. The smallest absolute Gasteiger partial charge is 0.309 e. The number of esters is 1. The van der Waals surface area contributed by atoms with E-state index in [-0.39, 0.29) is 24.5 Å². The third kappa shape index (κ3) is 3.78. The van der Waals surface area contributed by atoms with Crippen molar-refractivity contribution in [1.82, 2.24) is 8.96 Å². The third-order valence-electron chi connectivity index (χ3n) is 4.92. The number of hydrogen-bond donors (Lipinski definition) is 2. The first kappa shape index (κ1) is 21.8. The number of aromatic nitrogens is 2. The van der Waals surface area contributed by atoms with Gasteiger partial charge in [0.2, 0.25) is 16.0 Å². The maximum Gasteiger partial charge on any atom is 0.309 e. The van der Waals surface area contributed by atoms with Crippen LogP contribution in [-0.4, -0.2) is 40.3 Å². The maximum absolute atomic E-state index is 12.8. The van der Waals surface area contributed by atoms with E-state index < -0.39 is 26.8 Å². The molecule has 0 amide bonds. The minimum absolute atomic E-state index is 0.163. The molecule has 9 heteroatoms. The highest BCUT2D eigenvalue weighted by molar-refractivity contribution is 7.90. The van der Waals surface area contributed by atoms with Crippen LogP contribution in [0.15, 0.2) is 48.5 Å². The number of aliphatic hydroxyl groups is 1. The summed E-state index contributed by atoms with van der Waals surface area (Å²) in [5.41, 5.74) is 5.58. The summed E-state index contributed by atoms with van der Waals surface area (Å²) in [5, 5.41) is 10.9. The van der Waals surface area contributed by atoms with Gasteiger partial charge >= 0.3 is 5.97 Å². The van der Waals surface area contributed by atoms with E-state index >= 15 is 0 Å². The highest BCUT2D eigenvalue weighted by Crippen LogP contribution is 2.36. The molecule has 0 bridgehead atoms. The summed E-state index contributed by atoms with van der Waals surface area (Å²) in [7, 11) is -3.79. The average molecular weight is 432 g/mol. The van der Waals surface area contributed by atoms with Crippen LogP contribution in [0, 0.1) is 0 Å². The Kier molecular flexibility index (Phi) is 5.87. The molecule has 0 saturated carbocycles. The monoisotopic (exact) mass is 431 g/mol. The minimum atomic E-state index is -3.79. The zero-order valence-corrected chi connectivity index (χ0v) is 17.9. The molecule has 2 aromatic carbocycles. The van der Waals surface area contributed by atoms with Crippen molar-refractivity contribution in [2.24, 2.45) is 0 Å². The lowest BCUT2D eigenvalue weighted by Crippen LogP contribution is -2.31. The quantitative estimate of drug-likeness (QED) is 0.550. The average Bonchev–Trinajstić information content (AvgIpc) is 3.04. The van der Waals surface area contributed by atoms with Crippen molar-refractivity contribution in [2.75, 3.05) is 12.3 Å². The molecule has 3 rings (SSSR count). The summed E-state index contributed by atoms with van der Waals surface area (Å²) in [5.74, 6) is -0.740. The highest BCUT2D eigenvalue weighted by Gasteiger charge is 2.36. The van der Waals surface area contributed by atoms with E-state index in [1.165, 1.54) is 6.07 Å². The lowest BCUT2D eigenvalue weighted by molar-refractivity contribution is -0.147. The lowest BCUT2D eigenvalue weighted by atomic mass is 9.83. The Bertz CT molecular complexity index is 1170. The zero-order chi connectivity index (χ0) is 22.1. The number of imidazole rings is 1. The fourth-order valence-electron chi connectivity index (χ4n) is 3.31. The van der Waals surface area contributed by atoms with Gasteiger partial charge in [0.05, 0.1) is 29.3 Å². The van der Waals surface area contributed by atoms with Crippen LogP contribution in [0.5, 0.6) is 0 Å². The molecule has 160 valence electrons. The van der Waals surface area contributed by atoms with E-state index in [0.29, 0.717) is 16.6 Å². The Labute approximate surface area is 175 Å². The summed E-state index contributed by atoms with van der Waals surface area (Å²) in [4.78, 5) is 16.4. The van der Waals surface area contributed by atoms with Gasteiger partial charge in [0.25, 0.3) is 0 Å². The van der Waals surface area contributed by atoms with E-state index in [1.807, 2.05) is 0 Å². The molecule has 0 aliphatic heterocycles. The number of ether oxygens (including phenoxy) is 1. The molecule has 8 nitrogen and oxygen atoms in total. The second-order valence-electron chi connectivity index (χ2n) is 7.24. The summed E-state index contributed by atoms with van der Waals surface area (Å²) < 4.78 is 31.7. The summed E-state index contributed by atoms with van der Waals surface area (Å²) >= 11 is 0. The standard InChI is InChI=1S/C21H25N3O5S/c1-4-29-19(25)13-21(26,15-8-6-5-7-9-15)16-10-11-17-18(12-16)24(20(22)23-17)30(27,28)14(2)3/h5-12,14,26H,4,13H2,1-3H3,(H2,22,23). The van der Waals surface area contributed by atoms with E-state index in [1.54, 1.807) is 63.2 Å². The van der Waals surface area contributed by atoms with Gasteiger partial charge in [0.15, 0.2) is 0 Å². The van der Waals surface area contributed by atoms with Gasteiger partial charge in [0.1, 0.15) is 5.60 Å². The Hall–Kier alpha value is -2.91. The molecule has 30 heavy (non-hydrogen) atoms. The van der Waals surface area contributed by atoms with Gasteiger partial charge in [-0.05, 0) is 44.0 Å². The molecule has 1 atom stereocenters. The van der Waals surface area contributed by atoms with Crippen LogP contribution in [0.3, 0.4) is 0 Å². The van der Waals surface area contributed by atoms with Crippen LogP contribution < -0.4 is 5.73 Å². The Balaban J connectivity index is 2.24. The van der Waals surface area contributed by atoms with Crippen LogP contribution in [0.1, 0.15) is 38.3 Å². The number of fused-ring (bicyclic) bond motifs is 1. The maximum atomic E-state index is 12.8. The molecule has 3 aromatic rings. The van der Waals surface area contributed by atoms with Crippen LogP contribution in [0.2, 0.25) is 0 Å². The highest BCUT2D eigenvalue weighted by atomic mass is 32.2. The number of anilines is 1. The topological polar surface area (TPSA) is 125 Å². The van der Waals surface area contributed by atoms with Crippen LogP contribution in [0.4, 0.5) is 5.95 Å². The molecule has 0 aliphatic carbocycles. The van der Waals surface area contributed by atoms with Gasteiger partial charge in [-0.2, -0.15) is 0 Å². The molecule has 0 fully saturated rings. The van der Waals surface area contributed by atoms with Crippen molar-refractivity contribution in [2.45, 2.75) is 38.0 Å². The SMILES string of the molecule is CCOC(=O)CC(O)(c1ccccc1)c1ccc2nc(N)n(S(=O)(=O)C(C)C)c2c1.